The van der Waals surface area contributed by atoms with Crippen LogP contribution in [0.2, 0.25) is 10.0 Å². The minimum Gasteiger partial charge on any atom is -0.307 e. The van der Waals surface area contributed by atoms with Gasteiger partial charge in [0.05, 0.1) is 15.7 Å². The Balaban J connectivity index is 1.81. The number of amides is 1. The van der Waals surface area contributed by atoms with E-state index in [1.807, 2.05) is 38.1 Å². The van der Waals surface area contributed by atoms with Gasteiger partial charge in [-0.1, -0.05) is 53.0 Å². The number of benzene rings is 1. The summed E-state index contributed by atoms with van der Waals surface area (Å²) >= 11 is 12.1. The molecule has 0 atom stereocenters. The van der Waals surface area contributed by atoms with Crippen molar-refractivity contribution < 1.29 is 4.79 Å². The minimum atomic E-state index is -0.281. The zero-order chi connectivity index (χ0) is 18.7. The number of nitrogens with one attached hydrogen (secondary N) is 1. The highest BCUT2D eigenvalue weighted by molar-refractivity contribution is 6.35. The van der Waals surface area contributed by atoms with Gasteiger partial charge in [-0.25, -0.2) is 4.98 Å². The summed E-state index contributed by atoms with van der Waals surface area (Å²) in [6.45, 7) is 3.83. The summed E-state index contributed by atoms with van der Waals surface area (Å²) in [5.41, 5.74) is 2.83. The smallest absolute Gasteiger partial charge is 0.249 e. The Kier molecular flexibility index (Phi) is 5.40. The van der Waals surface area contributed by atoms with Crippen LogP contribution in [0.4, 0.5) is 5.82 Å². The van der Waals surface area contributed by atoms with Crippen LogP contribution in [0.15, 0.2) is 48.7 Å². The summed E-state index contributed by atoms with van der Waals surface area (Å²) < 4.78 is 1.48. The number of pyridine rings is 1. The third-order valence-corrected chi connectivity index (χ3v) is 4.06. The minimum absolute atomic E-state index is 0.281. The van der Waals surface area contributed by atoms with E-state index < -0.39 is 0 Å². The van der Waals surface area contributed by atoms with Gasteiger partial charge in [-0.05, 0) is 31.6 Å². The van der Waals surface area contributed by atoms with Crippen LogP contribution in [0.1, 0.15) is 16.8 Å². The van der Waals surface area contributed by atoms with Gasteiger partial charge in [-0.15, -0.1) is 0 Å². The lowest BCUT2D eigenvalue weighted by molar-refractivity contribution is -0.111. The third kappa shape index (κ3) is 4.31. The van der Waals surface area contributed by atoms with Gasteiger partial charge in [-0.2, -0.15) is 9.78 Å². The van der Waals surface area contributed by atoms with Gasteiger partial charge in [0.25, 0.3) is 0 Å². The number of anilines is 1. The molecule has 0 saturated carbocycles. The van der Waals surface area contributed by atoms with Crippen LogP contribution in [-0.4, -0.2) is 20.7 Å². The molecule has 1 aromatic carbocycles. The molecule has 0 aliphatic carbocycles. The highest BCUT2D eigenvalue weighted by Gasteiger charge is 2.14. The van der Waals surface area contributed by atoms with Crippen LogP contribution in [0.25, 0.3) is 11.9 Å². The van der Waals surface area contributed by atoms with E-state index in [2.05, 4.69) is 15.4 Å². The van der Waals surface area contributed by atoms with Crippen molar-refractivity contribution in [1.29, 1.82) is 0 Å². The monoisotopic (exact) mass is 386 g/mol. The second-order valence-electron chi connectivity index (χ2n) is 5.77. The molecule has 26 heavy (non-hydrogen) atoms. The van der Waals surface area contributed by atoms with E-state index in [1.54, 1.807) is 18.2 Å². The second kappa shape index (κ2) is 7.72. The van der Waals surface area contributed by atoms with Crippen LogP contribution < -0.4 is 5.32 Å². The maximum atomic E-state index is 12.3. The fourth-order valence-electron chi connectivity index (χ4n) is 2.33. The second-order valence-corrected chi connectivity index (χ2v) is 6.62. The van der Waals surface area contributed by atoms with Crippen molar-refractivity contribution in [2.24, 2.45) is 0 Å². The van der Waals surface area contributed by atoms with E-state index in [-0.39, 0.29) is 5.91 Å². The first-order chi connectivity index (χ1) is 12.4. The van der Waals surface area contributed by atoms with Crippen molar-refractivity contribution in [3.8, 4) is 5.82 Å². The molecule has 0 unspecified atom stereocenters. The van der Waals surface area contributed by atoms with Gasteiger partial charge in [0.15, 0.2) is 5.82 Å². The van der Waals surface area contributed by atoms with E-state index in [1.165, 1.54) is 22.5 Å². The number of carbonyl (C=O) groups excluding carboxylic acids is 1. The molecule has 2 aromatic heterocycles. The van der Waals surface area contributed by atoms with E-state index in [0.29, 0.717) is 21.7 Å². The number of nitrogens with zero attached hydrogens (tertiary/aromatic N) is 3. The summed E-state index contributed by atoms with van der Waals surface area (Å²) in [5, 5.41) is 7.90. The molecule has 3 aromatic rings. The van der Waals surface area contributed by atoms with E-state index in [4.69, 9.17) is 23.2 Å². The Bertz CT molecular complexity index is 978. The number of carbonyl (C=O) groups is 1. The van der Waals surface area contributed by atoms with Gasteiger partial charge >= 0.3 is 0 Å². The average Bonchev–Trinajstić information content (AvgIpc) is 2.94. The molecule has 0 spiro atoms. The summed E-state index contributed by atoms with van der Waals surface area (Å²) in [5.74, 6) is 0.580. The number of halogens is 2. The van der Waals surface area contributed by atoms with Crippen LogP contribution in [-0.2, 0) is 4.79 Å². The van der Waals surface area contributed by atoms with Gasteiger partial charge < -0.3 is 5.32 Å². The Morgan fingerprint density at radius 2 is 1.88 bits per heavy atom. The summed E-state index contributed by atoms with van der Waals surface area (Å²) in [4.78, 5) is 16.5. The van der Waals surface area contributed by atoms with Crippen LogP contribution in [0.5, 0.6) is 0 Å². The van der Waals surface area contributed by atoms with E-state index in [9.17, 15) is 4.79 Å². The first-order valence-corrected chi connectivity index (χ1v) is 8.62. The first-order valence-electron chi connectivity index (χ1n) is 7.86. The Labute approximate surface area is 161 Å². The summed E-state index contributed by atoms with van der Waals surface area (Å²) in [6, 6.07) is 11.2. The van der Waals surface area contributed by atoms with Crippen LogP contribution in [0.3, 0.4) is 0 Å². The molecule has 1 N–H and O–H groups in total. The van der Waals surface area contributed by atoms with Crippen molar-refractivity contribution in [3.05, 3.63) is 75.5 Å². The lowest BCUT2D eigenvalue weighted by Gasteiger charge is -2.08. The number of aromatic nitrogens is 3. The fraction of sp³-hybridized carbons (Fsp3) is 0.105. The molecule has 0 fully saturated rings. The van der Waals surface area contributed by atoms with Crippen molar-refractivity contribution in [2.75, 3.05) is 5.32 Å². The first kappa shape index (κ1) is 18.2. The standard InChI is InChI=1S/C19H16Cl2N4O/c1-12-3-5-14(6-4-12)7-8-18(26)23-17-9-13(2)24-25(17)19-16(21)10-15(20)11-22-19/h3-11H,1-2H3,(H,23,26)/b8-7+. The maximum absolute atomic E-state index is 12.3. The van der Waals surface area contributed by atoms with Crippen molar-refractivity contribution in [2.45, 2.75) is 13.8 Å². The van der Waals surface area contributed by atoms with E-state index >= 15 is 0 Å². The number of hydrogen-bond donors (Lipinski definition) is 1. The van der Waals surface area contributed by atoms with Gasteiger partial charge in [0.2, 0.25) is 5.91 Å². The SMILES string of the molecule is Cc1ccc(/C=C/C(=O)Nc2cc(C)nn2-c2ncc(Cl)cc2Cl)cc1. The summed E-state index contributed by atoms with van der Waals surface area (Å²) in [7, 11) is 0. The van der Waals surface area contributed by atoms with Crippen LogP contribution in [0, 0.1) is 13.8 Å². The number of hydrogen-bond acceptors (Lipinski definition) is 3. The molecular weight excluding hydrogens is 371 g/mol. The largest absolute Gasteiger partial charge is 0.307 e. The summed E-state index contributed by atoms with van der Waals surface area (Å²) in [6.07, 6.45) is 4.69. The van der Waals surface area contributed by atoms with Crippen molar-refractivity contribution in [3.63, 3.8) is 0 Å². The maximum Gasteiger partial charge on any atom is 0.249 e. The molecule has 0 radical (unpaired) electrons. The quantitative estimate of drug-likeness (QED) is 0.652. The molecule has 0 aliphatic heterocycles. The molecule has 0 aliphatic rings. The number of aryl methyl sites for hydroxylation is 2. The lowest BCUT2D eigenvalue weighted by Crippen LogP contribution is -2.13. The Morgan fingerprint density at radius 3 is 2.58 bits per heavy atom. The van der Waals surface area contributed by atoms with Gasteiger partial charge in [0, 0.05) is 18.3 Å². The molecular formula is C19H16Cl2N4O. The van der Waals surface area contributed by atoms with Gasteiger partial charge in [0.1, 0.15) is 5.82 Å². The predicted octanol–water partition coefficient (Wildman–Crippen LogP) is 4.84. The molecule has 7 heteroatoms. The molecule has 1 amide bonds. The molecule has 2 heterocycles. The normalized spacial score (nSPS) is 11.1. The predicted molar refractivity (Wildman–Crippen MR) is 105 cm³/mol. The van der Waals surface area contributed by atoms with Crippen molar-refractivity contribution >= 4 is 41.0 Å². The topological polar surface area (TPSA) is 59.8 Å². The Morgan fingerprint density at radius 1 is 1.15 bits per heavy atom. The zero-order valence-corrected chi connectivity index (χ0v) is 15.7. The van der Waals surface area contributed by atoms with Crippen molar-refractivity contribution in [1.82, 2.24) is 14.8 Å². The molecule has 5 nitrogen and oxygen atoms in total. The third-order valence-electron chi connectivity index (χ3n) is 3.58. The highest BCUT2D eigenvalue weighted by Crippen LogP contribution is 2.25. The Hall–Kier alpha value is -2.63. The molecule has 132 valence electrons. The van der Waals surface area contributed by atoms with Gasteiger partial charge in [-0.3, -0.25) is 4.79 Å². The molecule has 0 bridgehead atoms. The lowest BCUT2D eigenvalue weighted by atomic mass is 10.1. The fourth-order valence-corrected chi connectivity index (χ4v) is 2.79. The van der Waals surface area contributed by atoms with E-state index in [0.717, 1.165) is 11.3 Å². The number of rotatable bonds is 4. The average molecular weight is 387 g/mol. The van der Waals surface area contributed by atoms with Crippen LogP contribution >= 0.6 is 23.2 Å². The highest BCUT2D eigenvalue weighted by atomic mass is 35.5. The molecule has 0 saturated heterocycles. The molecule has 3 rings (SSSR count). The zero-order valence-electron chi connectivity index (χ0n) is 14.2.